The Morgan fingerprint density at radius 2 is 1.74 bits per heavy atom. The van der Waals surface area contributed by atoms with E-state index in [2.05, 4.69) is 5.32 Å². The standard InChI is InChI=1S/C15H15F2NO/c1-2-18-10-11-4-3-5-14(6-11)19-15-8-12(16)7-13(17)9-15/h3-9,18H,2,10H2,1H3. The fraction of sp³-hybridized carbons (Fsp3) is 0.200. The van der Waals surface area contributed by atoms with E-state index in [4.69, 9.17) is 4.74 Å². The van der Waals surface area contributed by atoms with Gasteiger partial charge in [0.25, 0.3) is 0 Å². The summed E-state index contributed by atoms with van der Waals surface area (Å²) in [4.78, 5) is 0. The highest BCUT2D eigenvalue weighted by Crippen LogP contribution is 2.24. The minimum atomic E-state index is -0.654. The van der Waals surface area contributed by atoms with Gasteiger partial charge in [0.2, 0.25) is 0 Å². The van der Waals surface area contributed by atoms with Crippen molar-refractivity contribution in [3.05, 3.63) is 59.7 Å². The lowest BCUT2D eigenvalue weighted by Gasteiger charge is -2.08. The van der Waals surface area contributed by atoms with E-state index in [0.29, 0.717) is 5.75 Å². The van der Waals surface area contributed by atoms with E-state index in [-0.39, 0.29) is 5.75 Å². The fourth-order valence-electron chi connectivity index (χ4n) is 1.71. The Morgan fingerprint density at radius 3 is 2.42 bits per heavy atom. The number of benzene rings is 2. The molecule has 0 bridgehead atoms. The number of halogens is 2. The molecule has 2 aromatic carbocycles. The topological polar surface area (TPSA) is 21.3 Å². The maximum atomic E-state index is 13.0. The van der Waals surface area contributed by atoms with Crippen molar-refractivity contribution in [2.24, 2.45) is 0 Å². The second kappa shape index (κ2) is 6.29. The van der Waals surface area contributed by atoms with Crippen molar-refractivity contribution in [1.29, 1.82) is 0 Å². The second-order valence-electron chi connectivity index (χ2n) is 4.13. The van der Waals surface area contributed by atoms with E-state index in [9.17, 15) is 8.78 Å². The molecule has 2 aromatic rings. The third-order valence-corrected chi connectivity index (χ3v) is 2.55. The van der Waals surface area contributed by atoms with Crippen molar-refractivity contribution in [3.8, 4) is 11.5 Å². The predicted octanol–water partition coefficient (Wildman–Crippen LogP) is 3.87. The molecular weight excluding hydrogens is 248 g/mol. The quantitative estimate of drug-likeness (QED) is 0.884. The molecule has 0 aliphatic heterocycles. The van der Waals surface area contributed by atoms with Crippen molar-refractivity contribution < 1.29 is 13.5 Å². The third kappa shape index (κ3) is 4.03. The molecular formula is C15H15F2NO. The summed E-state index contributed by atoms with van der Waals surface area (Å²) in [5.74, 6) is -0.601. The number of ether oxygens (including phenoxy) is 1. The maximum absolute atomic E-state index is 13.0. The lowest BCUT2D eigenvalue weighted by Crippen LogP contribution is -2.11. The van der Waals surface area contributed by atoms with Crippen LogP contribution in [-0.2, 0) is 6.54 Å². The first-order chi connectivity index (χ1) is 9.17. The predicted molar refractivity (Wildman–Crippen MR) is 70.3 cm³/mol. The molecule has 0 aromatic heterocycles. The summed E-state index contributed by atoms with van der Waals surface area (Å²) in [6.45, 7) is 3.63. The molecule has 0 unspecified atom stereocenters. The Bertz CT molecular complexity index is 537. The molecule has 0 heterocycles. The molecule has 100 valence electrons. The van der Waals surface area contributed by atoms with Gasteiger partial charge in [-0.15, -0.1) is 0 Å². The van der Waals surface area contributed by atoms with Gasteiger partial charge in [-0.2, -0.15) is 0 Å². The summed E-state index contributed by atoms with van der Waals surface area (Å²) in [6, 6.07) is 10.5. The molecule has 0 saturated heterocycles. The second-order valence-corrected chi connectivity index (χ2v) is 4.13. The zero-order valence-corrected chi connectivity index (χ0v) is 10.6. The number of rotatable bonds is 5. The summed E-state index contributed by atoms with van der Waals surface area (Å²) in [6.07, 6.45) is 0. The van der Waals surface area contributed by atoms with Gasteiger partial charge in [0.05, 0.1) is 0 Å². The molecule has 0 fully saturated rings. The summed E-state index contributed by atoms with van der Waals surface area (Å²) in [5.41, 5.74) is 1.05. The molecule has 0 amide bonds. The maximum Gasteiger partial charge on any atom is 0.133 e. The van der Waals surface area contributed by atoms with Crippen LogP contribution in [-0.4, -0.2) is 6.54 Å². The minimum absolute atomic E-state index is 0.151. The first kappa shape index (κ1) is 13.5. The van der Waals surface area contributed by atoms with Crippen LogP contribution in [0.1, 0.15) is 12.5 Å². The summed E-state index contributed by atoms with van der Waals surface area (Å²) in [7, 11) is 0. The van der Waals surface area contributed by atoms with Crippen LogP contribution in [0.4, 0.5) is 8.78 Å². The highest BCUT2D eigenvalue weighted by molar-refractivity contribution is 5.34. The highest BCUT2D eigenvalue weighted by atomic mass is 19.1. The van der Waals surface area contributed by atoms with Crippen LogP contribution in [0.5, 0.6) is 11.5 Å². The Hall–Kier alpha value is -1.94. The van der Waals surface area contributed by atoms with Gasteiger partial charge in [0, 0.05) is 24.7 Å². The van der Waals surface area contributed by atoms with Gasteiger partial charge >= 0.3 is 0 Å². The number of hydrogen-bond donors (Lipinski definition) is 1. The molecule has 0 aliphatic carbocycles. The average Bonchev–Trinajstić information content (AvgIpc) is 2.35. The minimum Gasteiger partial charge on any atom is -0.457 e. The van der Waals surface area contributed by atoms with E-state index in [0.717, 1.165) is 36.9 Å². The van der Waals surface area contributed by atoms with Crippen molar-refractivity contribution >= 4 is 0 Å². The van der Waals surface area contributed by atoms with Crippen LogP contribution in [0, 0.1) is 11.6 Å². The molecule has 2 rings (SSSR count). The molecule has 0 spiro atoms. The van der Waals surface area contributed by atoms with E-state index >= 15 is 0 Å². The zero-order valence-electron chi connectivity index (χ0n) is 10.6. The van der Waals surface area contributed by atoms with Crippen LogP contribution in [0.25, 0.3) is 0 Å². The van der Waals surface area contributed by atoms with Crippen LogP contribution >= 0.6 is 0 Å². The number of nitrogens with one attached hydrogen (secondary N) is 1. The van der Waals surface area contributed by atoms with Crippen LogP contribution in [0.2, 0.25) is 0 Å². The average molecular weight is 263 g/mol. The first-order valence-corrected chi connectivity index (χ1v) is 6.11. The zero-order chi connectivity index (χ0) is 13.7. The van der Waals surface area contributed by atoms with E-state index < -0.39 is 11.6 Å². The van der Waals surface area contributed by atoms with Gasteiger partial charge in [-0.1, -0.05) is 19.1 Å². The SMILES string of the molecule is CCNCc1cccc(Oc2cc(F)cc(F)c2)c1. The lowest BCUT2D eigenvalue weighted by molar-refractivity contribution is 0.467. The largest absolute Gasteiger partial charge is 0.457 e. The van der Waals surface area contributed by atoms with Crippen LogP contribution in [0.15, 0.2) is 42.5 Å². The molecule has 4 heteroatoms. The summed E-state index contributed by atoms with van der Waals surface area (Å²) in [5, 5.41) is 3.20. The molecule has 2 nitrogen and oxygen atoms in total. The molecule has 0 radical (unpaired) electrons. The monoisotopic (exact) mass is 263 g/mol. The first-order valence-electron chi connectivity index (χ1n) is 6.11. The van der Waals surface area contributed by atoms with Gasteiger partial charge in [0.1, 0.15) is 23.1 Å². The molecule has 0 saturated carbocycles. The Balaban J connectivity index is 2.13. The lowest BCUT2D eigenvalue weighted by atomic mass is 10.2. The van der Waals surface area contributed by atoms with Crippen molar-refractivity contribution in [1.82, 2.24) is 5.32 Å². The van der Waals surface area contributed by atoms with Crippen LogP contribution < -0.4 is 10.1 Å². The van der Waals surface area contributed by atoms with E-state index in [1.54, 1.807) is 6.07 Å². The molecule has 0 atom stereocenters. The summed E-state index contributed by atoms with van der Waals surface area (Å²) >= 11 is 0. The molecule has 0 aliphatic rings. The Labute approximate surface area is 111 Å². The van der Waals surface area contributed by atoms with Crippen molar-refractivity contribution in [2.45, 2.75) is 13.5 Å². The highest BCUT2D eigenvalue weighted by Gasteiger charge is 2.03. The van der Waals surface area contributed by atoms with E-state index in [1.807, 2.05) is 25.1 Å². The van der Waals surface area contributed by atoms with Gasteiger partial charge in [-0.3, -0.25) is 0 Å². The van der Waals surface area contributed by atoms with Crippen LogP contribution in [0.3, 0.4) is 0 Å². The van der Waals surface area contributed by atoms with Gasteiger partial charge in [0.15, 0.2) is 0 Å². The van der Waals surface area contributed by atoms with Gasteiger partial charge in [-0.05, 0) is 24.2 Å². The van der Waals surface area contributed by atoms with Gasteiger partial charge < -0.3 is 10.1 Å². The van der Waals surface area contributed by atoms with E-state index in [1.165, 1.54) is 0 Å². The smallest absolute Gasteiger partial charge is 0.133 e. The van der Waals surface area contributed by atoms with Crippen molar-refractivity contribution in [3.63, 3.8) is 0 Å². The molecule has 1 N–H and O–H groups in total. The van der Waals surface area contributed by atoms with Crippen molar-refractivity contribution in [2.75, 3.05) is 6.54 Å². The van der Waals surface area contributed by atoms with Gasteiger partial charge in [-0.25, -0.2) is 8.78 Å². The Morgan fingerprint density at radius 1 is 1.00 bits per heavy atom. The molecule has 19 heavy (non-hydrogen) atoms. The number of hydrogen-bond acceptors (Lipinski definition) is 2. The Kier molecular flexibility index (Phi) is 4.47. The third-order valence-electron chi connectivity index (χ3n) is 2.55. The fourth-order valence-corrected chi connectivity index (χ4v) is 1.71. The normalized spacial score (nSPS) is 10.5. The summed E-state index contributed by atoms with van der Waals surface area (Å²) < 4.78 is 31.5.